The van der Waals surface area contributed by atoms with Crippen molar-refractivity contribution in [3.05, 3.63) is 35.9 Å². The first-order valence-corrected chi connectivity index (χ1v) is 14.6. The molecule has 4 saturated carbocycles. The monoisotopic (exact) mass is 489 g/mol. The van der Waals surface area contributed by atoms with E-state index in [4.69, 9.17) is 9.97 Å². The summed E-state index contributed by atoms with van der Waals surface area (Å²) in [6, 6.07) is 0. The minimum atomic E-state index is 0.0498. The number of hydrogen-bond acceptors (Lipinski definition) is 4. The number of fused-ring (bicyclic) bond motifs is 8. The van der Waals surface area contributed by atoms with Crippen LogP contribution in [0.25, 0.3) is 0 Å². The number of oxime groups is 1. The van der Waals surface area contributed by atoms with Crippen molar-refractivity contribution >= 4 is 6.21 Å². The van der Waals surface area contributed by atoms with Gasteiger partial charge in [-0.15, -0.1) is 5.16 Å². The third kappa shape index (κ3) is 2.85. The van der Waals surface area contributed by atoms with Crippen LogP contribution in [-0.4, -0.2) is 21.4 Å². The maximum Gasteiger partial charge on any atom is 0.0678 e. The van der Waals surface area contributed by atoms with E-state index in [-0.39, 0.29) is 16.2 Å². The molecule has 1 heterocycles. The van der Waals surface area contributed by atoms with Crippen LogP contribution in [0, 0.1) is 51.2 Å². The molecular weight excluding hydrogens is 442 g/mol. The minimum Gasteiger partial charge on any atom is -0.411 e. The zero-order chi connectivity index (χ0) is 25.7. The van der Waals surface area contributed by atoms with Crippen LogP contribution < -0.4 is 0 Å². The summed E-state index contributed by atoms with van der Waals surface area (Å²) in [6.45, 7) is 19.6. The van der Waals surface area contributed by atoms with Gasteiger partial charge in [-0.25, -0.2) is 0 Å². The summed E-state index contributed by atoms with van der Waals surface area (Å²) in [4.78, 5) is 9.78. The summed E-state index contributed by atoms with van der Waals surface area (Å²) < 4.78 is 0. The molecule has 4 nitrogen and oxygen atoms in total. The third-order valence-corrected chi connectivity index (χ3v) is 13.5. The lowest BCUT2D eigenvalue weighted by Crippen LogP contribution is -2.66. The Labute approximate surface area is 218 Å². The predicted molar refractivity (Wildman–Crippen MR) is 145 cm³/mol. The molecule has 5 aliphatic rings. The molecule has 0 saturated heterocycles. The molecule has 6 rings (SSSR count). The summed E-state index contributed by atoms with van der Waals surface area (Å²) in [5.74, 6) is 3.12. The fourth-order valence-corrected chi connectivity index (χ4v) is 11.9. The molecule has 9 atom stereocenters. The summed E-state index contributed by atoms with van der Waals surface area (Å²) in [5, 5.41) is 13.4. The van der Waals surface area contributed by atoms with Crippen LogP contribution in [0.15, 0.2) is 29.7 Å². The SMILES string of the molecule is C=C(C)[C@@H]1CC[C@]2(/C=N/O)CC[C@]3(C)[C@H](CC[C@@H]4[C@@]5(C)Cc6nccnc6C(C)(C)[C@@H]5CC[C@]43C)[C@@H]12. The molecule has 0 unspecified atom stereocenters. The smallest absolute Gasteiger partial charge is 0.0678 e. The summed E-state index contributed by atoms with van der Waals surface area (Å²) in [5.41, 5.74) is 4.80. The van der Waals surface area contributed by atoms with Crippen molar-refractivity contribution in [3.8, 4) is 0 Å². The quantitative estimate of drug-likeness (QED) is 0.201. The number of allylic oxidation sites excluding steroid dienone is 1. The van der Waals surface area contributed by atoms with Gasteiger partial charge in [-0.05, 0) is 111 Å². The van der Waals surface area contributed by atoms with E-state index < -0.39 is 0 Å². The predicted octanol–water partition coefficient (Wildman–Crippen LogP) is 7.61. The number of nitrogens with zero attached hydrogens (tertiary/aromatic N) is 3. The average molecular weight is 490 g/mol. The van der Waals surface area contributed by atoms with E-state index in [1.165, 1.54) is 55.5 Å². The summed E-state index contributed by atoms with van der Waals surface area (Å²) in [7, 11) is 0. The van der Waals surface area contributed by atoms with E-state index in [0.29, 0.717) is 40.4 Å². The van der Waals surface area contributed by atoms with Crippen molar-refractivity contribution < 1.29 is 5.21 Å². The summed E-state index contributed by atoms with van der Waals surface area (Å²) >= 11 is 0. The van der Waals surface area contributed by atoms with Gasteiger partial charge in [-0.3, -0.25) is 9.97 Å². The normalized spacial score (nSPS) is 48.9. The van der Waals surface area contributed by atoms with Gasteiger partial charge >= 0.3 is 0 Å². The molecular formula is C32H47N3O. The second-order valence-corrected chi connectivity index (χ2v) is 14.9. The van der Waals surface area contributed by atoms with Crippen molar-refractivity contribution in [1.29, 1.82) is 0 Å². The van der Waals surface area contributed by atoms with Crippen molar-refractivity contribution in [2.45, 2.75) is 105 Å². The number of aromatic nitrogens is 2. The van der Waals surface area contributed by atoms with Crippen molar-refractivity contribution in [2.75, 3.05) is 0 Å². The van der Waals surface area contributed by atoms with Gasteiger partial charge in [0, 0.05) is 23.2 Å². The van der Waals surface area contributed by atoms with E-state index >= 15 is 0 Å². The second-order valence-electron chi connectivity index (χ2n) is 14.9. The Morgan fingerprint density at radius 1 is 0.944 bits per heavy atom. The van der Waals surface area contributed by atoms with Crippen molar-refractivity contribution in [2.24, 2.45) is 56.4 Å². The molecule has 36 heavy (non-hydrogen) atoms. The Kier molecular flexibility index (Phi) is 5.24. The highest BCUT2D eigenvalue weighted by molar-refractivity contribution is 5.67. The topological polar surface area (TPSA) is 58.4 Å². The minimum absolute atomic E-state index is 0.0498. The van der Waals surface area contributed by atoms with Crippen LogP contribution in [0.3, 0.4) is 0 Å². The Hall–Kier alpha value is -1.71. The molecule has 0 bridgehead atoms. The summed E-state index contributed by atoms with van der Waals surface area (Å²) in [6.07, 6.45) is 16.8. The lowest BCUT2D eigenvalue weighted by atomic mass is 9.32. The molecule has 0 spiro atoms. The van der Waals surface area contributed by atoms with Crippen LogP contribution in [0.1, 0.15) is 104 Å². The highest BCUT2D eigenvalue weighted by Gasteiger charge is 2.70. The van der Waals surface area contributed by atoms with Gasteiger partial charge < -0.3 is 5.21 Å². The Morgan fingerprint density at radius 3 is 2.42 bits per heavy atom. The van der Waals surface area contributed by atoms with Crippen LogP contribution in [0.4, 0.5) is 0 Å². The molecule has 0 radical (unpaired) electrons. The van der Waals surface area contributed by atoms with Crippen LogP contribution in [-0.2, 0) is 11.8 Å². The molecule has 0 aliphatic heterocycles. The van der Waals surface area contributed by atoms with E-state index in [2.05, 4.69) is 53.3 Å². The highest BCUT2D eigenvalue weighted by atomic mass is 16.4. The fourth-order valence-electron chi connectivity index (χ4n) is 11.9. The Balaban J connectivity index is 1.43. The van der Waals surface area contributed by atoms with E-state index in [9.17, 15) is 5.21 Å². The molecule has 1 aromatic heterocycles. The lowest BCUT2D eigenvalue weighted by Gasteiger charge is -2.72. The molecule has 1 N–H and O–H groups in total. The lowest BCUT2D eigenvalue weighted by molar-refractivity contribution is -0.219. The van der Waals surface area contributed by atoms with Crippen molar-refractivity contribution in [1.82, 2.24) is 9.97 Å². The molecule has 196 valence electrons. The first-order chi connectivity index (χ1) is 16.9. The average Bonchev–Trinajstić information content (AvgIpc) is 3.19. The van der Waals surface area contributed by atoms with Gasteiger partial charge in [0.2, 0.25) is 0 Å². The Bertz CT molecular complexity index is 1110. The van der Waals surface area contributed by atoms with Gasteiger partial charge in [0.25, 0.3) is 0 Å². The van der Waals surface area contributed by atoms with E-state index in [1.54, 1.807) is 0 Å². The fraction of sp³-hybridized carbons (Fsp3) is 0.781. The molecule has 4 fully saturated rings. The van der Waals surface area contributed by atoms with Crippen LogP contribution in [0.2, 0.25) is 0 Å². The van der Waals surface area contributed by atoms with Crippen molar-refractivity contribution in [3.63, 3.8) is 0 Å². The van der Waals surface area contributed by atoms with Gasteiger partial charge in [0.1, 0.15) is 0 Å². The number of rotatable bonds is 2. The molecule has 4 heteroatoms. The molecule has 1 aromatic rings. The molecule has 0 amide bonds. The van der Waals surface area contributed by atoms with Gasteiger partial charge in [-0.1, -0.05) is 46.8 Å². The van der Waals surface area contributed by atoms with Gasteiger partial charge in [0.15, 0.2) is 0 Å². The second kappa shape index (κ2) is 7.67. The standard InChI is InChI=1S/C32H47N3O/c1-20(2)21-10-13-32(19-35-36)15-14-30(6)22(26(21)32)8-9-25-29(5)18-23-27(34-17-16-33-23)28(3,4)24(29)11-12-31(25,30)7/h16-17,19,21-22,24-26,36H,1,8-15,18H2,2-7H3/b35-19+/t21-,22+,24-,25+,26+,29-,30+,31+,32+/m0/s1. The van der Waals surface area contributed by atoms with Gasteiger partial charge in [-0.2, -0.15) is 0 Å². The first kappa shape index (κ1) is 24.6. The van der Waals surface area contributed by atoms with Crippen LogP contribution >= 0.6 is 0 Å². The van der Waals surface area contributed by atoms with Crippen LogP contribution in [0.5, 0.6) is 0 Å². The first-order valence-electron chi connectivity index (χ1n) is 14.6. The Morgan fingerprint density at radius 2 is 1.69 bits per heavy atom. The zero-order valence-electron chi connectivity index (χ0n) is 23.5. The third-order valence-electron chi connectivity index (χ3n) is 13.5. The molecule has 0 aromatic carbocycles. The number of hydrogen-bond donors (Lipinski definition) is 1. The largest absolute Gasteiger partial charge is 0.411 e. The van der Waals surface area contributed by atoms with E-state index in [1.807, 2.05) is 18.6 Å². The van der Waals surface area contributed by atoms with Gasteiger partial charge in [0.05, 0.1) is 17.6 Å². The maximum absolute atomic E-state index is 9.71. The zero-order valence-corrected chi connectivity index (χ0v) is 23.5. The molecule has 5 aliphatic carbocycles. The maximum atomic E-state index is 9.71. The highest BCUT2D eigenvalue weighted by Crippen LogP contribution is 2.76. The van der Waals surface area contributed by atoms with E-state index in [0.717, 1.165) is 19.3 Å².